The van der Waals surface area contributed by atoms with Crippen molar-refractivity contribution in [2.45, 2.75) is 12.5 Å². The first-order valence-electron chi connectivity index (χ1n) is 5.30. The van der Waals surface area contributed by atoms with E-state index in [9.17, 15) is 4.79 Å². The third-order valence-electron chi connectivity index (χ3n) is 2.70. The third kappa shape index (κ3) is 2.95. The lowest BCUT2D eigenvalue weighted by atomic mass is 10.2. The zero-order chi connectivity index (χ0) is 11.5. The van der Waals surface area contributed by atoms with Gasteiger partial charge in [-0.15, -0.1) is 0 Å². The molecule has 0 amide bonds. The molecule has 1 aromatic carbocycles. The van der Waals surface area contributed by atoms with Gasteiger partial charge in [0, 0.05) is 16.7 Å². The average Bonchev–Trinajstić information content (AvgIpc) is 2.65. The van der Waals surface area contributed by atoms with Crippen LogP contribution in [0.4, 0.5) is 0 Å². The fourth-order valence-electron chi connectivity index (χ4n) is 1.80. The van der Waals surface area contributed by atoms with E-state index in [0.29, 0.717) is 5.56 Å². The van der Waals surface area contributed by atoms with E-state index in [1.807, 2.05) is 31.3 Å². The molecule has 1 heterocycles. The maximum atomic E-state index is 11.8. The van der Waals surface area contributed by atoms with Crippen molar-refractivity contribution in [2.75, 3.05) is 20.1 Å². The van der Waals surface area contributed by atoms with E-state index in [1.54, 1.807) is 0 Å². The van der Waals surface area contributed by atoms with E-state index in [-0.39, 0.29) is 12.1 Å². The van der Waals surface area contributed by atoms with E-state index in [4.69, 9.17) is 4.74 Å². The highest BCUT2D eigenvalue weighted by atomic mass is 127. The van der Waals surface area contributed by atoms with Gasteiger partial charge in [-0.25, -0.2) is 4.79 Å². The van der Waals surface area contributed by atoms with Crippen LogP contribution in [0.5, 0.6) is 0 Å². The summed E-state index contributed by atoms with van der Waals surface area (Å²) >= 11 is 2.21. The maximum Gasteiger partial charge on any atom is 0.338 e. The van der Waals surface area contributed by atoms with Gasteiger partial charge in [0.05, 0.1) is 5.56 Å². The molecule has 0 aromatic heterocycles. The molecule has 0 spiro atoms. The second kappa shape index (κ2) is 5.14. The molecule has 3 nitrogen and oxygen atoms in total. The number of hydrogen-bond donors (Lipinski definition) is 0. The lowest BCUT2D eigenvalue weighted by molar-refractivity contribution is 0.0327. The normalized spacial score (nSPS) is 21.0. The molecular formula is C12H14INO2. The van der Waals surface area contributed by atoms with Crippen LogP contribution < -0.4 is 0 Å². The maximum absolute atomic E-state index is 11.8. The van der Waals surface area contributed by atoms with Crippen LogP contribution in [0.1, 0.15) is 16.8 Å². The summed E-state index contributed by atoms with van der Waals surface area (Å²) in [6.45, 7) is 1.85. The highest BCUT2D eigenvalue weighted by Gasteiger charge is 2.23. The molecule has 0 unspecified atom stereocenters. The van der Waals surface area contributed by atoms with Crippen molar-refractivity contribution in [3.63, 3.8) is 0 Å². The molecule has 0 bridgehead atoms. The molecule has 1 fully saturated rings. The number of benzene rings is 1. The standard InChI is InChI=1S/C12H14INO2/c1-14-7-6-11(8-14)16-12(15)9-2-4-10(13)5-3-9/h2-5,11H,6-8H2,1H3/t11-/m0/s1. The summed E-state index contributed by atoms with van der Waals surface area (Å²) in [6.07, 6.45) is 0.990. The zero-order valence-corrected chi connectivity index (χ0v) is 11.3. The predicted octanol–water partition coefficient (Wildman–Crippen LogP) is 2.15. The Morgan fingerprint density at radius 2 is 2.12 bits per heavy atom. The number of carbonyl (C=O) groups is 1. The van der Waals surface area contributed by atoms with Crippen LogP contribution in [0.15, 0.2) is 24.3 Å². The van der Waals surface area contributed by atoms with E-state index in [2.05, 4.69) is 27.5 Å². The molecule has 4 heteroatoms. The first kappa shape index (κ1) is 11.9. The SMILES string of the molecule is CN1CC[C@H](OC(=O)c2ccc(I)cc2)C1. The van der Waals surface area contributed by atoms with Gasteiger partial charge in [-0.05, 0) is 60.3 Å². The Morgan fingerprint density at radius 3 is 2.69 bits per heavy atom. The Kier molecular flexibility index (Phi) is 3.81. The van der Waals surface area contributed by atoms with Crippen molar-refractivity contribution in [2.24, 2.45) is 0 Å². The molecule has 1 saturated heterocycles. The largest absolute Gasteiger partial charge is 0.457 e. The molecule has 0 N–H and O–H groups in total. The molecule has 86 valence electrons. The van der Waals surface area contributed by atoms with E-state index >= 15 is 0 Å². The van der Waals surface area contributed by atoms with Gasteiger partial charge in [0.25, 0.3) is 0 Å². The number of halogens is 1. The van der Waals surface area contributed by atoms with Crippen LogP contribution in [-0.2, 0) is 4.74 Å². The summed E-state index contributed by atoms with van der Waals surface area (Å²) in [5, 5.41) is 0. The van der Waals surface area contributed by atoms with Crippen molar-refractivity contribution < 1.29 is 9.53 Å². The van der Waals surface area contributed by atoms with Crippen molar-refractivity contribution >= 4 is 28.6 Å². The second-order valence-corrected chi connectivity index (χ2v) is 5.33. The van der Waals surface area contributed by atoms with Crippen molar-refractivity contribution in [1.29, 1.82) is 0 Å². The topological polar surface area (TPSA) is 29.5 Å². The first-order valence-corrected chi connectivity index (χ1v) is 6.38. The molecule has 0 aliphatic carbocycles. The van der Waals surface area contributed by atoms with E-state index in [0.717, 1.165) is 23.1 Å². The Hall–Kier alpha value is -0.620. The van der Waals surface area contributed by atoms with Crippen molar-refractivity contribution in [3.05, 3.63) is 33.4 Å². The molecule has 2 rings (SSSR count). The van der Waals surface area contributed by atoms with Crippen LogP contribution in [0, 0.1) is 3.57 Å². The Bertz CT molecular complexity index is 377. The summed E-state index contributed by atoms with van der Waals surface area (Å²) in [5.41, 5.74) is 0.634. The highest BCUT2D eigenvalue weighted by Crippen LogP contribution is 2.14. The fourth-order valence-corrected chi connectivity index (χ4v) is 2.16. The number of ether oxygens (including phenoxy) is 1. The molecule has 16 heavy (non-hydrogen) atoms. The summed E-state index contributed by atoms with van der Waals surface area (Å²) < 4.78 is 6.54. The van der Waals surface area contributed by atoms with Gasteiger partial charge in [-0.1, -0.05) is 0 Å². The summed E-state index contributed by atoms with van der Waals surface area (Å²) in [4.78, 5) is 13.9. The molecule has 1 aliphatic rings. The van der Waals surface area contributed by atoms with Crippen molar-refractivity contribution in [1.82, 2.24) is 4.90 Å². The molecule has 1 atom stereocenters. The number of likely N-dealkylation sites (tertiary alicyclic amines) is 1. The predicted molar refractivity (Wildman–Crippen MR) is 70.5 cm³/mol. The quantitative estimate of drug-likeness (QED) is 0.614. The molecule has 0 saturated carbocycles. The van der Waals surface area contributed by atoms with Gasteiger partial charge in [0.15, 0.2) is 0 Å². The summed E-state index contributed by atoms with van der Waals surface area (Å²) in [5.74, 6) is -0.211. The van der Waals surface area contributed by atoms with Gasteiger partial charge in [0.1, 0.15) is 6.10 Å². The lowest BCUT2D eigenvalue weighted by Gasteiger charge is -2.12. The number of rotatable bonds is 2. The van der Waals surface area contributed by atoms with E-state index in [1.165, 1.54) is 0 Å². The number of nitrogens with zero attached hydrogens (tertiary/aromatic N) is 1. The van der Waals surface area contributed by atoms with Gasteiger partial charge < -0.3 is 9.64 Å². The zero-order valence-electron chi connectivity index (χ0n) is 9.15. The molecule has 0 radical (unpaired) electrons. The smallest absolute Gasteiger partial charge is 0.338 e. The minimum Gasteiger partial charge on any atom is -0.457 e. The summed E-state index contributed by atoms with van der Waals surface area (Å²) in [6, 6.07) is 7.45. The van der Waals surface area contributed by atoms with Crippen LogP contribution in [-0.4, -0.2) is 37.1 Å². The first-order chi connectivity index (χ1) is 7.65. The Labute approximate surface area is 109 Å². The molecule has 1 aromatic rings. The van der Waals surface area contributed by atoms with Crippen LogP contribution in [0.2, 0.25) is 0 Å². The van der Waals surface area contributed by atoms with Gasteiger partial charge in [-0.3, -0.25) is 0 Å². The third-order valence-corrected chi connectivity index (χ3v) is 3.42. The second-order valence-electron chi connectivity index (χ2n) is 4.09. The Balaban J connectivity index is 1.95. The summed E-state index contributed by atoms with van der Waals surface area (Å²) in [7, 11) is 2.04. The molecule has 1 aliphatic heterocycles. The highest BCUT2D eigenvalue weighted by molar-refractivity contribution is 14.1. The monoisotopic (exact) mass is 331 g/mol. The number of esters is 1. The molecular weight excluding hydrogens is 317 g/mol. The van der Waals surface area contributed by atoms with Crippen LogP contribution >= 0.6 is 22.6 Å². The minimum absolute atomic E-state index is 0.0526. The van der Waals surface area contributed by atoms with E-state index < -0.39 is 0 Å². The Morgan fingerprint density at radius 1 is 1.44 bits per heavy atom. The van der Waals surface area contributed by atoms with Gasteiger partial charge in [0.2, 0.25) is 0 Å². The van der Waals surface area contributed by atoms with Crippen molar-refractivity contribution in [3.8, 4) is 0 Å². The number of likely N-dealkylation sites (N-methyl/N-ethyl adjacent to an activating group) is 1. The number of carbonyl (C=O) groups excluding carboxylic acids is 1. The average molecular weight is 331 g/mol. The minimum atomic E-state index is -0.211. The van der Waals surface area contributed by atoms with Crippen LogP contribution in [0.3, 0.4) is 0 Å². The van der Waals surface area contributed by atoms with Gasteiger partial charge >= 0.3 is 5.97 Å². The lowest BCUT2D eigenvalue weighted by Crippen LogP contribution is -2.22. The van der Waals surface area contributed by atoms with Crippen LogP contribution in [0.25, 0.3) is 0 Å². The number of hydrogen-bond acceptors (Lipinski definition) is 3. The fraction of sp³-hybridized carbons (Fsp3) is 0.417. The van der Waals surface area contributed by atoms with Gasteiger partial charge in [-0.2, -0.15) is 0 Å².